The summed E-state index contributed by atoms with van der Waals surface area (Å²) in [5, 5.41) is 5.11. The lowest BCUT2D eigenvalue weighted by atomic mass is 10.1. The van der Waals surface area contributed by atoms with Crippen molar-refractivity contribution in [2.45, 2.75) is 39.2 Å². The molecule has 1 aliphatic rings. The van der Waals surface area contributed by atoms with Crippen molar-refractivity contribution < 1.29 is 9.59 Å². The number of hydrogen-bond donors (Lipinski definition) is 2. The van der Waals surface area contributed by atoms with Crippen molar-refractivity contribution >= 4 is 28.3 Å². The van der Waals surface area contributed by atoms with Crippen molar-refractivity contribution in [1.82, 2.24) is 9.88 Å². The lowest BCUT2D eigenvalue weighted by Crippen LogP contribution is -2.46. The summed E-state index contributed by atoms with van der Waals surface area (Å²) in [7, 11) is 0. The van der Waals surface area contributed by atoms with E-state index in [9.17, 15) is 9.59 Å². The smallest absolute Gasteiger partial charge is 0.228 e. The molecule has 2 amide bonds. The first kappa shape index (κ1) is 15.9. The predicted molar refractivity (Wildman–Crippen MR) is 83.1 cm³/mol. The first-order valence-corrected chi connectivity index (χ1v) is 8.12. The van der Waals surface area contributed by atoms with E-state index in [1.165, 1.54) is 11.3 Å². The topological polar surface area (TPSA) is 88.3 Å². The van der Waals surface area contributed by atoms with Gasteiger partial charge < -0.3 is 16.0 Å². The maximum absolute atomic E-state index is 12.2. The van der Waals surface area contributed by atoms with Crippen molar-refractivity contribution in [1.29, 1.82) is 0 Å². The highest BCUT2D eigenvalue weighted by Crippen LogP contribution is 2.18. The molecule has 2 rings (SSSR count). The molecule has 6 nitrogen and oxygen atoms in total. The maximum atomic E-state index is 12.2. The summed E-state index contributed by atoms with van der Waals surface area (Å²) in [5.74, 6) is -0.102. The van der Waals surface area contributed by atoms with Crippen LogP contribution in [-0.4, -0.2) is 40.8 Å². The molecular weight excluding hydrogens is 288 g/mol. The van der Waals surface area contributed by atoms with Gasteiger partial charge >= 0.3 is 0 Å². The second-order valence-corrected chi connectivity index (χ2v) is 6.56. The molecule has 116 valence electrons. The zero-order valence-electron chi connectivity index (χ0n) is 12.5. The first-order chi connectivity index (χ1) is 9.95. The third-order valence-electron chi connectivity index (χ3n) is 3.45. The monoisotopic (exact) mass is 310 g/mol. The summed E-state index contributed by atoms with van der Waals surface area (Å²) >= 11 is 1.35. The van der Waals surface area contributed by atoms with Gasteiger partial charge in [-0.2, -0.15) is 0 Å². The summed E-state index contributed by atoms with van der Waals surface area (Å²) in [6, 6.07) is 0.0824. The van der Waals surface area contributed by atoms with Gasteiger partial charge in [-0.3, -0.25) is 9.59 Å². The Kier molecular flexibility index (Phi) is 5.30. The normalized spacial score (nSPS) is 18.9. The van der Waals surface area contributed by atoms with Gasteiger partial charge in [-0.05, 0) is 12.8 Å². The number of nitrogens with zero attached hydrogens (tertiary/aromatic N) is 2. The van der Waals surface area contributed by atoms with Gasteiger partial charge in [0, 0.05) is 30.4 Å². The van der Waals surface area contributed by atoms with Gasteiger partial charge in [0.05, 0.1) is 12.1 Å². The number of piperidine rings is 1. The van der Waals surface area contributed by atoms with E-state index >= 15 is 0 Å². The summed E-state index contributed by atoms with van der Waals surface area (Å²) in [4.78, 5) is 29.9. The van der Waals surface area contributed by atoms with Crippen LogP contribution >= 0.6 is 11.3 Å². The number of likely N-dealkylation sites (tertiary alicyclic amines) is 1. The average molecular weight is 310 g/mol. The molecule has 0 aromatic carbocycles. The Labute approximate surface area is 128 Å². The molecule has 3 N–H and O–H groups in total. The number of carbonyl (C=O) groups is 2. The fourth-order valence-electron chi connectivity index (χ4n) is 2.20. The standard InChI is InChI=1S/C14H22N4O2S/c1-9(2)13(20)17-14-16-11(8-21-14)6-12(19)18-5-3-4-10(15)7-18/h8-10H,3-7,15H2,1-2H3,(H,16,17,20). The number of carbonyl (C=O) groups excluding carboxylic acids is 2. The Morgan fingerprint density at radius 2 is 2.33 bits per heavy atom. The number of nitrogens with two attached hydrogens (primary N) is 1. The molecule has 1 atom stereocenters. The van der Waals surface area contributed by atoms with E-state index in [-0.39, 0.29) is 30.2 Å². The van der Waals surface area contributed by atoms with E-state index in [1.54, 1.807) is 4.90 Å². The molecule has 1 saturated heterocycles. The van der Waals surface area contributed by atoms with Crippen molar-refractivity contribution in [3.05, 3.63) is 11.1 Å². The van der Waals surface area contributed by atoms with Gasteiger partial charge in [0.15, 0.2) is 5.13 Å². The summed E-state index contributed by atoms with van der Waals surface area (Å²) in [5.41, 5.74) is 6.59. The van der Waals surface area contributed by atoms with E-state index in [1.807, 2.05) is 19.2 Å². The number of nitrogens with one attached hydrogen (secondary N) is 1. The van der Waals surface area contributed by atoms with Crippen LogP contribution in [0.4, 0.5) is 5.13 Å². The third kappa shape index (κ3) is 4.50. The van der Waals surface area contributed by atoms with E-state index in [0.29, 0.717) is 17.4 Å². The first-order valence-electron chi connectivity index (χ1n) is 7.24. The van der Waals surface area contributed by atoms with E-state index in [4.69, 9.17) is 5.73 Å². The minimum absolute atomic E-state index is 0.0530. The van der Waals surface area contributed by atoms with E-state index in [2.05, 4.69) is 10.3 Å². The van der Waals surface area contributed by atoms with Crippen LogP contribution in [-0.2, 0) is 16.0 Å². The number of hydrogen-bond acceptors (Lipinski definition) is 5. The summed E-state index contributed by atoms with van der Waals surface area (Å²) < 4.78 is 0. The van der Waals surface area contributed by atoms with Crippen LogP contribution in [0.3, 0.4) is 0 Å². The molecule has 1 fully saturated rings. The van der Waals surface area contributed by atoms with Gasteiger partial charge in [-0.1, -0.05) is 13.8 Å². The van der Waals surface area contributed by atoms with Crippen molar-refractivity contribution in [3.8, 4) is 0 Å². The highest BCUT2D eigenvalue weighted by molar-refractivity contribution is 7.13. The molecule has 0 spiro atoms. The van der Waals surface area contributed by atoms with Crippen LogP contribution in [0.2, 0.25) is 0 Å². The molecule has 0 aliphatic carbocycles. The molecule has 1 unspecified atom stereocenters. The molecule has 1 aliphatic heterocycles. The van der Waals surface area contributed by atoms with Crippen molar-refractivity contribution in [2.75, 3.05) is 18.4 Å². The number of amides is 2. The lowest BCUT2D eigenvalue weighted by Gasteiger charge is -2.30. The van der Waals surface area contributed by atoms with Gasteiger partial charge in [0.2, 0.25) is 11.8 Å². The third-order valence-corrected chi connectivity index (χ3v) is 4.26. The number of rotatable bonds is 4. The Morgan fingerprint density at radius 1 is 1.57 bits per heavy atom. The molecular formula is C14H22N4O2S. The molecule has 2 heterocycles. The van der Waals surface area contributed by atoms with Crippen molar-refractivity contribution in [2.24, 2.45) is 11.7 Å². The second kappa shape index (κ2) is 7.00. The molecule has 7 heteroatoms. The Balaban J connectivity index is 1.90. The number of thiazole rings is 1. The Bertz CT molecular complexity index is 515. The molecule has 1 aromatic heterocycles. The molecule has 0 bridgehead atoms. The molecule has 0 saturated carbocycles. The van der Waals surface area contributed by atoms with Gasteiger partial charge in [0.1, 0.15) is 0 Å². The molecule has 0 radical (unpaired) electrons. The van der Waals surface area contributed by atoms with Crippen LogP contribution in [0.15, 0.2) is 5.38 Å². The Hall–Kier alpha value is -1.47. The largest absolute Gasteiger partial charge is 0.341 e. The van der Waals surface area contributed by atoms with Gasteiger partial charge in [-0.15, -0.1) is 11.3 Å². The minimum Gasteiger partial charge on any atom is -0.341 e. The number of anilines is 1. The lowest BCUT2D eigenvalue weighted by molar-refractivity contribution is -0.131. The van der Waals surface area contributed by atoms with Crippen LogP contribution < -0.4 is 11.1 Å². The van der Waals surface area contributed by atoms with Crippen molar-refractivity contribution in [3.63, 3.8) is 0 Å². The van der Waals surface area contributed by atoms with E-state index < -0.39 is 0 Å². The van der Waals surface area contributed by atoms with Crippen LogP contribution in [0.25, 0.3) is 0 Å². The fourth-order valence-corrected chi connectivity index (χ4v) is 2.91. The second-order valence-electron chi connectivity index (χ2n) is 5.71. The van der Waals surface area contributed by atoms with Gasteiger partial charge in [-0.25, -0.2) is 4.98 Å². The molecule has 1 aromatic rings. The quantitative estimate of drug-likeness (QED) is 0.875. The highest BCUT2D eigenvalue weighted by atomic mass is 32.1. The SMILES string of the molecule is CC(C)C(=O)Nc1nc(CC(=O)N2CCCC(N)C2)cs1. The maximum Gasteiger partial charge on any atom is 0.228 e. The molecule has 21 heavy (non-hydrogen) atoms. The Morgan fingerprint density at radius 3 is 3.00 bits per heavy atom. The number of aromatic nitrogens is 1. The van der Waals surface area contributed by atoms with E-state index in [0.717, 1.165) is 19.4 Å². The average Bonchev–Trinajstić information content (AvgIpc) is 2.85. The van der Waals surface area contributed by atoms with Crippen LogP contribution in [0, 0.1) is 5.92 Å². The van der Waals surface area contributed by atoms with Crippen LogP contribution in [0.1, 0.15) is 32.4 Å². The summed E-state index contributed by atoms with van der Waals surface area (Å²) in [6.45, 7) is 5.05. The predicted octanol–water partition coefficient (Wildman–Crippen LogP) is 1.23. The zero-order valence-corrected chi connectivity index (χ0v) is 13.3. The zero-order chi connectivity index (χ0) is 15.4. The van der Waals surface area contributed by atoms with Gasteiger partial charge in [0.25, 0.3) is 0 Å². The van der Waals surface area contributed by atoms with Crippen LogP contribution in [0.5, 0.6) is 0 Å². The highest BCUT2D eigenvalue weighted by Gasteiger charge is 2.22. The minimum atomic E-state index is -0.0891. The fraction of sp³-hybridized carbons (Fsp3) is 0.643. The summed E-state index contributed by atoms with van der Waals surface area (Å²) in [6.07, 6.45) is 2.20.